The van der Waals surface area contributed by atoms with Gasteiger partial charge in [-0.15, -0.1) is 0 Å². The van der Waals surface area contributed by atoms with Gasteiger partial charge in [0.25, 0.3) is 11.1 Å². The van der Waals surface area contributed by atoms with Crippen LogP contribution in [-0.2, 0) is 13.6 Å². The number of H-pyrrole nitrogens is 1. The summed E-state index contributed by atoms with van der Waals surface area (Å²) < 4.78 is 27.4. The van der Waals surface area contributed by atoms with Gasteiger partial charge >= 0.3 is 5.69 Å². The summed E-state index contributed by atoms with van der Waals surface area (Å²) in [5.41, 5.74) is -2.71. The Morgan fingerprint density at radius 1 is 1.27 bits per heavy atom. The molecule has 2 rings (SSSR count). The van der Waals surface area contributed by atoms with Crippen LogP contribution in [-0.4, -0.2) is 25.8 Å². The van der Waals surface area contributed by atoms with Crippen molar-refractivity contribution in [3.63, 3.8) is 0 Å². The Hall–Kier alpha value is -2.32. The first kappa shape index (κ1) is 16.1. The fourth-order valence-electron chi connectivity index (χ4n) is 2.17. The van der Waals surface area contributed by atoms with Gasteiger partial charge in [0, 0.05) is 13.6 Å². The third kappa shape index (κ3) is 2.70. The van der Waals surface area contributed by atoms with E-state index in [1.807, 2.05) is 0 Å². The number of aryl methyl sites for hydroxylation is 1. The molecule has 0 amide bonds. The quantitative estimate of drug-likeness (QED) is 0.817. The first-order chi connectivity index (χ1) is 10.4. The van der Waals surface area contributed by atoms with Gasteiger partial charge in [0.2, 0.25) is 0 Å². The Labute approximate surface area is 123 Å². The second kappa shape index (κ2) is 6.20. The van der Waals surface area contributed by atoms with E-state index in [-0.39, 0.29) is 29.8 Å². The highest BCUT2D eigenvalue weighted by Crippen LogP contribution is 2.11. The molecule has 0 bridgehead atoms. The molecule has 0 radical (unpaired) electrons. The van der Waals surface area contributed by atoms with E-state index in [0.717, 1.165) is 9.13 Å². The number of alkyl halides is 2. The zero-order chi connectivity index (χ0) is 16.4. The molecule has 7 nitrogen and oxygen atoms in total. The predicted octanol–water partition coefficient (Wildman–Crippen LogP) is 0.564. The van der Waals surface area contributed by atoms with Crippen molar-refractivity contribution >= 4 is 11.0 Å². The molecule has 0 saturated heterocycles. The number of halogens is 2. The third-order valence-electron chi connectivity index (χ3n) is 3.35. The average molecular weight is 314 g/mol. The molecule has 1 N–H and O–H groups in total. The van der Waals surface area contributed by atoms with Crippen molar-refractivity contribution in [3.8, 4) is 0 Å². The molecule has 22 heavy (non-hydrogen) atoms. The maximum Gasteiger partial charge on any atom is 0.331 e. The average Bonchev–Trinajstić information content (AvgIpc) is 2.48. The number of fused-ring (bicyclic) bond motifs is 1. The van der Waals surface area contributed by atoms with E-state index in [1.165, 1.54) is 14.0 Å². The van der Waals surface area contributed by atoms with Crippen LogP contribution in [0.1, 0.15) is 31.8 Å². The first-order valence-electron chi connectivity index (χ1n) is 6.82. The van der Waals surface area contributed by atoms with Crippen molar-refractivity contribution in [1.29, 1.82) is 0 Å². The van der Waals surface area contributed by atoms with Crippen molar-refractivity contribution in [3.05, 3.63) is 37.0 Å². The minimum Gasteiger partial charge on any atom is -0.306 e. The van der Waals surface area contributed by atoms with Crippen molar-refractivity contribution in [1.82, 2.24) is 19.1 Å². The lowest BCUT2D eigenvalue weighted by Crippen LogP contribution is -2.41. The number of aromatic nitrogens is 4. The Morgan fingerprint density at radius 2 is 1.95 bits per heavy atom. The lowest BCUT2D eigenvalue weighted by atomic mass is 10.3. The molecule has 0 aliphatic heterocycles. The van der Waals surface area contributed by atoms with Crippen LogP contribution in [0.3, 0.4) is 0 Å². The summed E-state index contributed by atoms with van der Waals surface area (Å²) in [6.45, 7) is 0.699. The minimum absolute atomic E-state index is 0.0721. The van der Waals surface area contributed by atoms with Crippen LogP contribution in [0.2, 0.25) is 0 Å². The number of nitrogens with one attached hydrogen (secondary N) is 1. The number of nitrogens with zero attached hydrogens (tertiary/aromatic N) is 3. The second-order valence-electron chi connectivity index (χ2n) is 4.96. The zero-order valence-electron chi connectivity index (χ0n) is 12.2. The van der Waals surface area contributed by atoms with Crippen LogP contribution in [0, 0.1) is 0 Å². The molecule has 0 spiro atoms. The van der Waals surface area contributed by atoms with Crippen LogP contribution >= 0.6 is 0 Å². The lowest BCUT2D eigenvalue weighted by Gasteiger charge is -2.11. The van der Waals surface area contributed by atoms with E-state index in [9.17, 15) is 23.2 Å². The summed E-state index contributed by atoms with van der Waals surface area (Å²) in [6, 6.07) is 0. The monoisotopic (exact) mass is 314 g/mol. The normalized spacial score (nSPS) is 12.7. The van der Waals surface area contributed by atoms with E-state index in [0.29, 0.717) is 6.42 Å². The van der Waals surface area contributed by atoms with Crippen LogP contribution in [0.5, 0.6) is 0 Å². The molecule has 2 aromatic rings. The van der Waals surface area contributed by atoms with Gasteiger partial charge < -0.3 is 4.98 Å². The largest absolute Gasteiger partial charge is 0.331 e. The topological polar surface area (TPSA) is 89.8 Å². The molecular formula is C13H16F2N4O3. The molecular weight excluding hydrogens is 298 g/mol. The fourth-order valence-corrected chi connectivity index (χ4v) is 2.17. The van der Waals surface area contributed by atoms with Gasteiger partial charge in [-0.05, 0) is 19.8 Å². The first-order valence-corrected chi connectivity index (χ1v) is 6.82. The summed E-state index contributed by atoms with van der Waals surface area (Å²) in [5, 5.41) is 0. The number of hydrogen-bond donors (Lipinski definition) is 1. The van der Waals surface area contributed by atoms with Gasteiger partial charge in [0.05, 0.1) is 6.67 Å². The van der Waals surface area contributed by atoms with Crippen molar-refractivity contribution in [2.24, 2.45) is 7.05 Å². The molecule has 0 aromatic carbocycles. The molecule has 2 heterocycles. The zero-order valence-corrected chi connectivity index (χ0v) is 12.2. The smallest absolute Gasteiger partial charge is 0.306 e. The minimum atomic E-state index is -1.56. The number of aromatic amines is 1. The molecule has 0 fully saturated rings. The standard InChI is InChI=1S/C13H16F2N4O3/c1-7(15)10-16-8-9(11(20)17-10)19(6-4-3-5-14)13(22)18(2)12(8)21/h7H,3-6H2,1-2H3,(H,16,17,20). The number of unbranched alkanes of at least 4 members (excludes halogenated alkanes) is 1. The van der Waals surface area contributed by atoms with Gasteiger partial charge in [-0.25, -0.2) is 14.2 Å². The van der Waals surface area contributed by atoms with Crippen molar-refractivity contribution in [2.75, 3.05) is 6.67 Å². The van der Waals surface area contributed by atoms with E-state index in [4.69, 9.17) is 0 Å². The van der Waals surface area contributed by atoms with Gasteiger partial charge in [0.15, 0.2) is 11.7 Å². The Morgan fingerprint density at radius 3 is 2.55 bits per heavy atom. The molecule has 0 saturated carbocycles. The molecule has 1 unspecified atom stereocenters. The molecule has 9 heteroatoms. The summed E-state index contributed by atoms with van der Waals surface area (Å²) in [5.74, 6) is -0.274. The molecule has 2 aromatic heterocycles. The summed E-state index contributed by atoms with van der Waals surface area (Å²) >= 11 is 0. The maximum atomic E-state index is 13.4. The highest BCUT2D eigenvalue weighted by Gasteiger charge is 2.18. The molecule has 120 valence electrons. The number of hydrogen-bond acceptors (Lipinski definition) is 4. The van der Waals surface area contributed by atoms with Gasteiger partial charge in [0.1, 0.15) is 11.3 Å². The third-order valence-corrected chi connectivity index (χ3v) is 3.35. The molecule has 0 aliphatic carbocycles. The van der Waals surface area contributed by atoms with E-state index < -0.39 is 29.7 Å². The fraction of sp³-hybridized carbons (Fsp3) is 0.538. The van der Waals surface area contributed by atoms with E-state index in [1.54, 1.807) is 0 Å². The highest BCUT2D eigenvalue weighted by molar-refractivity contribution is 5.72. The Balaban J connectivity index is 2.82. The van der Waals surface area contributed by atoms with Gasteiger partial charge in [-0.3, -0.25) is 23.1 Å². The van der Waals surface area contributed by atoms with Crippen LogP contribution in [0.25, 0.3) is 11.0 Å². The Kier molecular flexibility index (Phi) is 4.53. The van der Waals surface area contributed by atoms with Gasteiger partial charge in [-0.1, -0.05) is 0 Å². The highest BCUT2D eigenvalue weighted by atomic mass is 19.1. The SMILES string of the molecule is CC(F)c1nc2c(=O)n(C)c(=O)n(CCCCF)c2c(=O)[nH]1. The lowest BCUT2D eigenvalue weighted by molar-refractivity contribution is 0.356. The molecule has 0 aliphatic rings. The second-order valence-corrected chi connectivity index (χ2v) is 4.96. The Bertz CT molecular complexity index is 866. The van der Waals surface area contributed by atoms with Crippen LogP contribution in [0.4, 0.5) is 8.78 Å². The van der Waals surface area contributed by atoms with Crippen molar-refractivity contribution in [2.45, 2.75) is 32.5 Å². The van der Waals surface area contributed by atoms with E-state index in [2.05, 4.69) is 9.97 Å². The summed E-state index contributed by atoms with van der Waals surface area (Å²) in [6.07, 6.45) is -1.01. The summed E-state index contributed by atoms with van der Waals surface area (Å²) in [4.78, 5) is 42.4. The predicted molar refractivity (Wildman–Crippen MR) is 76.6 cm³/mol. The van der Waals surface area contributed by atoms with Crippen LogP contribution in [0.15, 0.2) is 14.4 Å². The van der Waals surface area contributed by atoms with Gasteiger partial charge in [-0.2, -0.15) is 0 Å². The van der Waals surface area contributed by atoms with Crippen molar-refractivity contribution < 1.29 is 8.78 Å². The summed E-state index contributed by atoms with van der Waals surface area (Å²) in [7, 11) is 1.25. The van der Waals surface area contributed by atoms with Crippen LogP contribution < -0.4 is 16.8 Å². The maximum absolute atomic E-state index is 13.4. The number of rotatable bonds is 5. The molecule has 1 atom stereocenters. The van der Waals surface area contributed by atoms with E-state index >= 15 is 0 Å².